The molecule has 1 aromatic carbocycles. The summed E-state index contributed by atoms with van der Waals surface area (Å²) in [7, 11) is 1.63. The summed E-state index contributed by atoms with van der Waals surface area (Å²) >= 11 is 9.58. The Kier molecular flexibility index (Phi) is 4.83. The predicted octanol–water partition coefficient (Wildman–Crippen LogP) is 4.52. The van der Waals surface area contributed by atoms with E-state index in [4.69, 9.17) is 16.3 Å². The molecule has 6 heteroatoms. The van der Waals surface area contributed by atoms with Crippen molar-refractivity contribution in [3.8, 4) is 5.75 Å². The lowest BCUT2D eigenvalue weighted by Crippen LogP contribution is -2.04. The molecule has 0 saturated heterocycles. The Bertz CT molecular complexity index is 634. The highest BCUT2D eigenvalue weighted by Crippen LogP contribution is 2.32. The van der Waals surface area contributed by atoms with Crippen LogP contribution in [0.1, 0.15) is 18.3 Å². The largest absolute Gasteiger partial charge is 0.495 e. The first-order chi connectivity index (χ1) is 9.55. The highest BCUT2D eigenvalue weighted by Gasteiger charge is 2.11. The van der Waals surface area contributed by atoms with Crippen LogP contribution in [0, 0.1) is 6.92 Å². The molecule has 0 atom stereocenters. The van der Waals surface area contributed by atoms with Gasteiger partial charge in [0.05, 0.1) is 12.8 Å². The molecule has 1 heterocycles. The highest BCUT2D eigenvalue weighted by molar-refractivity contribution is 9.10. The zero-order valence-electron chi connectivity index (χ0n) is 11.5. The van der Waals surface area contributed by atoms with Gasteiger partial charge >= 0.3 is 0 Å². The fourth-order valence-corrected chi connectivity index (χ4v) is 2.27. The van der Waals surface area contributed by atoms with E-state index < -0.39 is 0 Å². The minimum atomic E-state index is 0.466. The second kappa shape index (κ2) is 6.41. The number of anilines is 2. The number of aryl methyl sites for hydroxylation is 1. The molecular weight excluding hydrogens is 342 g/mol. The Morgan fingerprint density at radius 3 is 2.75 bits per heavy atom. The van der Waals surface area contributed by atoms with Crippen LogP contribution in [0.5, 0.6) is 5.75 Å². The van der Waals surface area contributed by atoms with Crippen LogP contribution in [-0.2, 0) is 6.42 Å². The van der Waals surface area contributed by atoms with Crippen molar-refractivity contribution in [3.05, 3.63) is 39.2 Å². The monoisotopic (exact) mass is 355 g/mol. The first-order valence-corrected chi connectivity index (χ1v) is 7.35. The fourth-order valence-electron chi connectivity index (χ4n) is 1.72. The third-order valence-electron chi connectivity index (χ3n) is 2.86. The molecule has 0 radical (unpaired) electrons. The molecular formula is C14H15BrClN3O. The van der Waals surface area contributed by atoms with Gasteiger partial charge in [-0.3, -0.25) is 0 Å². The molecule has 0 fully saturated rings. The van der Waals surface area contributed by atoms with Crippen LogP contribution < -0.4 is 10.1 Å². The van der Waals surface area contributed by atoms with E-state index in [0.29, 0.717) is 16.8 Å². The number of hydrogen-bond donors (Lipinski definition) is 1. The average Bonchev–Trinajstić information content (AvgIpc) is 2.44. The van der Waals surface area contributed by atoms with Crippen LogP contribution in [-0.4, -0.2) is 17.1 Å². The van der Waals surface area contributed by atoms with Crippen molar-refractivity contribution >= 4 is 39.0 Å². The van der Waals surface area contributed by atoms with E-state index in [1.807, 2.05) is 32.0 Å². The van der Waals surface area contributed by atoms with Crippen molar-refractivity contribution in [1.82, 2.24) is 9.97 Å². The summed E-state index contributed by atoms with van der Waals surface area (Å²) in [5.74, 6) is 2.13. The van der Waals surface area contributed by atoms with Gasteiger partial charge < -0.3 is 10.1 Å². The van der Waals surface area contributed by atoms with Crippen molar-refractivity contribution in [3.63, 3.8) is 0 Å². The highest BCUT2D eigenvalue weighted by atomic mass is 79.9. The lowest BCUT2D eigenvalue weighted by atomic mass is 10.2. The van der Waals surface area contributed by atoms with E-state index in [9.17, 15) is 0 Å². The normalized spacial score (nSPS) is 10.4. The Hall–Kier alpha value is -1.33. The number of nitrogens with zero attached hydrogens (tertiary/aromatic N) is 2. The summed E-state index contributed by atoms with van der Waals surface area (Å²) < 4.78 is 6.29. The van der Waals surface area contributed by atoms with Crippen molar-refractivity contribution in [2.75, 3.05) is 12.4 Å². The Balaban J connectivity index is 2.44. The second-order valence-electron chi connectivity index (χ2n) is 4.23. The molecule has 0 saturated carbocycles. The molecule has 0 amide bonds. The van der Waals surface area contributed by atoms with E-state index in [2.05, 4.69) is 31.2 Å². The van der Waals surface area contributed by atoms with Gasteiger partial charge in [0.25, 0.3) is 0 Å². The van der Waals surface area contributed by atoms with Crippen LogP contribution >= 0.6 is 27.5 Å². The number of benzene rings is 1. The van der Waals surface area contributed by atoms with E-state index in [0.717, 1.165) is 27.9 Å². The van der Waals surface area contributed by atoms with Crippen LogP contribution in [0.4, 0.5) is 11.5 Å². The number of nitrogens with one attached hydrogen (secondary N) is 1. The molecule has 0 unspecified atom stereocenters. The Morgan fingerprint density at radius 2 is 2.10 bits per heavy atom. The molecule has 4 nitrogen and oxygen atoms in total. The van der Waals surface area contributed by atoms with Crippen molar-refractivity contribution in [2.45, 2.75) is 20.3 Å². The molecule has 0 aliphatic rings. The molecule has 0 aliphatic carbocycles. The first-order valence-electron chi connectivity index (χ1n) is 6.18. The van der Waals surface area contributed by atoms with E-state index in [1.165, 1.54) is 0 Å². The number of methoxy groups -OCH3 is 1. The van der Waals surface area contributed by atoms with Gasteiger partial charge in [-0.05, 0) is 25.1 Å². The average molecular weight is 357 g/mol. The zero-order chi connectivity index (χ0) is 14.7. The summed E-state index contributed by atoms with van der Waals surface area (Å²) in [4.78, 5) is 8.70. The predicted molar refractivity (Wildman–Crippen MR) is 85.1 cm³/mol. The molecule has 1 N–H and O–H groups in total. The maximum atomic E-state index is 6.14. The minimum Gasteiger partial charge on any atom is -0.495 e. The minimum absolute atomic E-state index is 0.466. The Morgan fingerprint density at radius 1 is 1.35 bits per heavy atom. The van der Waals surface area contributed by atoms with Gasteiger partial charge in [-0.1, -0.05) is 34.5 Å². The summed E-state index contributed by atoms with van der Waals surface area (Å²) in [6.07, 6.45) is 0.726. The number of rotatable bonds is 4. The summed E-state index contributed by atoms with van der Waals surface area (Å²) in [6, 6.07) is 5.73. The quantitative estimate of drug-likeness (QED) is 0.818. The lowest BCUT2D eigenvalue weighted by Gasteiger charge is -2.14. The topological polar surface area (TPSA) is 47.0 Å². The lowest BCUT2D eigenvalue weighted by molar-refractivity contribution is 0.416. The van der Waals surface area contributed by atoms with Crippen LogP contribution in [0.2, 0.25) is 5.15 Å². The van der Waals surface area contributed by atoms with Gasteiger partial charge in [-0.15, -0.1) is 0 Å². The molecule has 0 aliphatic heterocycles. The van der Waals surface area contributed by atoms with Crippen LogP contribution in [0.15, 0.2) is 22.7 Å². The number of ether oxygens (including phenoxy) is 1. The molecule has 106 valence electrons. The van der Waals surface area contributed by atoms with Gasteiger partial charge in [0.2, 0.25) is 0 Å². The van der Waals surface area contributed by atoms with Crippen molar-refractivity contribution in [2.24, 2.45) is 0 Å². The van der Waals surface area contributed by atoms with Crippen molar-refractivity contribution < 1.29 is 4.74 Å². The molecule has 20 heavy (non-hydrogen) atoms. The SMILES string of the molecule is CCc1nc(Cl)c(C)c(Nc2cc(Br)ccc2OC)n1. The molecule has 2 rings (SSSR count). The number of aromatic nitrogens is 2. The maximum absolute atomic E-state index is 6.14. The van der Waals surface area contributed by atoms with Gasteiger partial charge in [-0.2, -0.15) is 0 Å². The van der Waals surface area contributed by atoms with Crippen LogP contribution in [0.25, 0.3) is 0 Å². The van der Waals surface area contributed by atoms with E-state index >= 15 is 0 Å². The molecule has 1 aromatic heterocycles. The van der Waals surface area contributed by atoms with Gasteiger partial charge in [-0.25, -0.2) is 9.97 Å². The van der Waals surface area contributed by atoms with E-state index in [1.54, 1.807) is 7.11 Å². The van der Waals surface area contributed by atoms with Gasteiger partial charge in [0, 0.05) is 16.5 Å². The molecule has 0 bridgehead atoms. The van der Waals surface area contributed by atoms with E-state index in [-0.39, 0.29) is 0 Å². The van der Waals surface area contributed by atoms with Crippen LogP contribution in [0.3, 0.4) is 0 Å². The fraction of sp³-hybridized carbons (Fsp3) is 0.286. The molecule has 2 aromatic rings. The maximum Gasteiger partial charge on any atom is 0.142 e. The number of halogens is 2. The standard InChI is InChI=1S/C14H15BrClN3O/c1-4-12-18-13(16)8(2)14(19-12)17-10-7-9(15)5-6-11(10)20-3/h5-7H,4H2,1-3H3,(H,17,18,19). The second-order valence-corrected chi connectivity index (χ2v) is 5.50. The number of hydrogen-bond acceptors (Lipinski definition) is 4. The zero-order valence-corrected chi connectivity index (χ0v) is 13.8. The van der Waals surface area contributed by atoms with Crippen molar-refractivity contribution in [1.29, 1.82) is 0 Å². The summed E-state index contributed by atoms with van der Waals surface area (Å²) in [5.41, 5.74) is 1.63. The molecule has 0 spiro atoms. The smallest absolute Gasteiger partial charge is 0.142 e. The van der Waals surface area contributed by atoms with Gasteiger partial charge in [0.15, 0.2) is 0 Å². The summed E-state index contributed by atoms with van der Waals surface area (Å²) in [5, 5.41) is 3.72. The Labute approximate surface area is 131 Å². The van der Waals surface area contributed by atoms with Gasteiger partial charge in [0.1, 0.15) is 22.5 Å². The third-order valence-corrected chi connectivity index (χ3v) is 3.72. The summed E-state index contributed by atoms with van der Waals surface area (Å²) in [6.45, 7) is 3.87. The third kappa shape index (κ3) is 3.22. The first kappa shape index (κ1) is 15.1.